The Bertz CT molecular complexity index is 112. The van der Waals surface area contributed by atoms with Gasteiger partial charge in [0.25, 0.3) is 0 Å². The predicted octanol–water partition coefficient (Wildman–Crippen LogP) is 0.917. The van der Waals surface area contributed by atoms with Crippen LogP contribution < -0.4 is 5.32 Å². The van der Waals surface area contributed by atoms with Crippen LogP contribution in [0.25, 0.3) is 10.4 Å². The Kier molecular flexibility index (Phi) is 2.02. The van der Waals surface area contributed by atoms with E-state index in [1.54, 1.807) is 11.8 Å². The predicted molar refractivity (Wildman–Crippen MR) is 33.4 cm³/mol. The molecule has 1 fully saturated rings. The third kappa shape index (κ3) is 1.30. The molecule has 0 bridgehead atoms. The van der Waals surface area contributed by atoms with E-state index < -0.39 is 0 Å². The highest BCUT2D eigenvalue weighted by molar-refractivity contribution is 8.00. The Labute approximate surface area is 51.3 Å². The van der Waals surface area contributed by atoms with E-state index in [9.17, 15) is 0 Å². The lowest BCUT2D eigenvalue weighted by Gasteiger charge is -1.95. The van der Waals surface area contributed by atoms with E-state index in [1.165, 1.54) is 0 Å². The molecule has 8 heavy (non-hydrogen) atoms. The number of rotatable bonds is 1. The van der Waals surface area contributed by atoms with Crippen LogP contribution in [0.15, 0.2) is 5.11 Å². The first-order chi connectivity index (χ1) is 3.93. The van der Waals surface area contributed by atoms with Gasteiger partial charge in [-0.1, -0.05) is 5.11 Å². The SMILES string of the molecule is [N-]=[N+]=NC1NCCS1. The summed E-state index contributed by atoms with van der Waals surface area (Å²) in [6, 6.07) is 0. The van der Waals surface area contributed by atoms with Crippen LogP contribution in [0.4, 0.5) is 0 Å². The summed E-state index contributed by atoms with van der Waals surface area (Å²) in [5, 5.41) is 6.46. The lowest BCUT2D eigenvalue weighted by atomic mass is 10.8. The maximum atomic E-state index is 7.93. The minimum Gasteiger partial charge on any atom is -0.300 e. The summed E-state index contributed by atoms with van der Waals surface area (Å²) in [6.07, 6.45) is 0. The summed E-state index contributed by atoms with van der Waals surface area (Å²) in [5.41, 5.74) is 7.92. The first-order valence-corrected chi connectivity index (χ1v) is 3.37. The van der Waals surface area contributed by atoms with Crippen molar-refractivity contribution in [2.45, 2.75) is 5.50 Å². The topological polar surface area (TPSA) is 60.8 Å². The van der Waals surface area contributed by atoms with Crippen LogP contribution in [0.1, 0.15) is 0 Å². The van der Waals surface area contributed by atoms with E-state index >= 15 is 0 Å². The van der Waals surface area contributed by atoms with Crippen LogP contribution in [0, 0.1) is 0 Å². The minimum atomic E-state index is -0.0139. The van der Waals surface area contributed by atoms with Crippen molar-refractivity contribution >= 4 is 11.8 Å². The zero-order chi connectivity index (χ0) is 5.82. The molecule has 0 aliphatic carbocycles. The van der Waals surface area contributed by atoms with E-state index in [0.29, 0.717) is 0 Å². The van der Waals surface area contributed by atoms with Crippen molar-refractivity contribution in [3.63, 3.8) is 0 Å². The second-order valence-corrected chi connectivity index (χ2v) is 2.57. The van der Waals surface area contributed by atoms with Gasteiger partial charge in [-0.25, -0.2) is 0 Å². The molecule has 0 radical (unpaired) electrons. The zero-order valence-corrected chi connectivity index (χ0v) is 5.06. The Hall–Kier alpha value is -0.380. The molecule has 0 aromatic carbocycles. The number of nitrogens with zero attached hydrogens (tertiary/aromatic N) is 3. The van der Waals surface area contributed by atoms with Crippen molar-refractivity contribution in [2.75, 3.05) is 12.3 Å². The molecule has 1 aliphatic rings. The zero-order valence-electron chi connectivity index (χ0n) is 4.24. The highest BCUT2D eigenvalue weighted by Gasteiger charge is 2.10. The maximum absolute atomic E-state index is 7.93. The molecular weight excluding hydrogens is 124 g/mol. The average molecular weight is 130 g/mol. The van der Waals surface area contributed by atoms with Gasteiger partial charge in [0.2, 0.25) is 0 Å². The van der Waals surface area contributed by atoms with Crippen molar-refractivity contribution < 1.29 is 0 Å². The highest BCUT2D eigenvalue weighted by atomic mass is 32.2. The van der Waals surface area contributed by atoms with Crippen LogP contribution >= 0.6 is 11.8 Å². The average Bonchev–Trinajstić information content (AvgIpc) is 2.19. The summed E-state index contributed by atoms with van der Waals surface area (Å²) in [5.74, 6) is 1.05. The van der Waals surface area contributed by atoms with E-state index in [0.717, 1.165) is 12.3 Å². The standard InChI is InChI=1S/C3H6N4S/c4-7-6-3-5-1-2-8-3/h3,5H,1-2H2. The lowest BCUT2D eigenvalue weighted by Crippen LogP contribution is -2.15. The van der Waals surface area contributed by atoms with Crippen molar-refractivity contribution in [3.8, 4) is 0 Å². The van der Waals surface area contributed by atoms with E-state index in [1.807, 2.05) is 0 Å². The minimum absolute atomic E-state index is 0.0139. The van der Waals surface area contributed by atoms with Gasteiger partial charge in [-0.05, 0) is 5.53 Å². The number of thioether (sulfide) groups is 1. The fraction of sp³-hybridized carbons (Fsp3) is 1.00. The van der Waals surface area contributed by atoms with Crippen LogP contribution in [0.5, 0.6) is 0 Å². The molecule has 0 aromatic rings. The monoisotopic (exact) mass is 130 g/mol. The third-order valence-electron chi connectivity index (χ3n) is 0.853. The Morgan fingerprint density at radius 3 is 3.25 bits per heavy atom. The van der Waals surface area contributed by atoms with Gasteiger partial charge in [0.1, 0.15) is 5.50 Å². The highest BCUT2D eigenvalue weighted by Crippen LogP contribution is 2.13. The number of hydrogen-bond acceptors (Lipinski definition) is 3. The second kappa shape index (κ2) is 2.81. The third-order valence-corrected chi connectivity index (χ3v) is 1.87. The van der Waals surface area contributed by atoms with Crippen molar-refractivity contribution in [1.82, 2.24) is 5.32 Å². The van der Waals surface area contributed by atoms with Crippen molar-refractivity contribution in [2.24, 2.45) is 5.11 Å². The Balaban J connectivity index is 2.35. The van der Waals surface area contributed by atoms with Gasteiger partial charge in [-0.3, -0.25) is 5.32 Å². The van der Waals surface area contributed by atoms with Crippen molar-refractivity contribution in [1.29, 1.82) is 0 Å². The van der Waals surface area contributed by atoms with Crippen LogP contribution in [-0.4, -0.2) is 17.8 Å². The molecule has 1 heterocycles. The first-order valence-electron chi connectivity index (χ1n) is 2.32. The van der Waals surface area contributed by atoms with E-state index in [-0.39, 0.29) is 5.50 Å². The summed E-state index contributed by atoms with van der Waals surface area (Å²) >= 11 is 1.64. The molecule has 0 saturated carbocycles. The van der Waals surface area contributed by atoms with Gasteiger partial charge in [0, 0.05) is 17.2 Å². The summed E-state index contributed by atoms with van der Waals surface area (Å²) < 4.78 is 0. The molecule has 0 aromatic heterocycles. The first kappa shape index (κ1) is 5.75. The summed E-state index contributed by atoms with van der Waals surface area (Å²) in [4.78, 5) is 2.66. The number of azide groups is 1. The largest absolute Gasteiger partial charge is 0.300 e. The van der Waals surface area contributed by atoms with Crippen LogP contribution in [-0.2, 0) is 0 Å². The van der Waals surface area contributed by atoms with E-state index in [2.05, 4.69) is 15.3 Å². The molecular formula is C3H6N4S. The van der Waals surface area contributed by atoms with Gasteiger partial charge in [-0.15, -0.1) is 11.8 Å². The molecule has 5 heteroatoms. The molecule has 1 N–H and O–H groups in total. The molecule has 4 nitrogen and oxygen atoms in total. The summed E-state index contributed by atoms with van der Waals surface area (Å²) in [7, 11) is 0. The molecule has 0 amide bonds. The summed E-state index contributed by atoms with van der Waals surface area (Å²) in [6.45, 7) is 0.953. The van der Waals surface area contributed by atoms with Crippen molar-refractivity contribution in [3.05, 3.63) is 10.4 Å². The van der Waals surface area contributed by atoms with Crippen LogP contribution in [0.3, 0.4) is 0 Å². The van der Waals surface area contributed by atoms with Gasteiger partial charge < -0.3 is 0 Å². The molecule has 1 unspecified atom stereocenters. The lowest BCUT2D eigenvalue weighted by molar-refractivity contribution is 0.732. The Morgan fingerprint density at radius 2 is 2.75 bits per heavy atom. The molecule has 1 aliphatic heterocycles. The Morgan fingerprint density at radius 1 is 1.88 bits per heavy atom. The maximum Gasteiger partial charge on any atom is 0.133 e. The molecule has 1 saturated heterocycles. The van der Waals surface area contributed by atoms with Gasteiger partial charge in [-0.2, -0.15) is 0 Å². The number of nitrogens with one attached hydrogen (secondary N) is 1. The molecule has 0 spiro atoms. The smallest absolute Gasteiger partial charge is 0.133 e. The molecule has 44 valence electrons. The molecule has 1 rings (SSSR count). The van der Waals surface area contributed by atoms with Gasteiger partial charge in [0.05, 0.1) is 0 Å². The molecule has 1 atom stereocenters. The van der Waals surface area contributed by atoms with E-state index in [4.69, 9.17) is 5.53 Å². The van der Waals surface area contributed by atoms with Gasteiger partial charge >= 0.3 is 0 Å². The fourth-order valence-corrected chi connectivity index (χ4v) is 1.34. The number of hydrogen-bond donors (Lipinski definition) is 1. The quantitative estimate of drug-likeness (QED) is 0.326. The van der Waals surface area contributed by atoms with Gasteiger partial charge in [0.15, 0.2) is 0 Å². The van der Waals surface area contributed by atoms with Crippen LogP contribution in [0.2, 0.25) is 0 Å². The second-order valence-electron chi connectivity index (χ2n) is 1.38. The fourth-order valence-electron chi connectivity index (χ4n) is 0.533. The normalized spacial score (nSPS) is 27.2.